The first-order valence-corrected chi connectivity index (χ1v) is 9.37. The third kappa shape index (κ3) is 4.57. The first-order chi connectivity index (χ1) is 12.5. The van der Waals surface area contributed by atoms with Gasteiger partial charge in [0.05, 0.1) is 0 Å². The van der Waals surface area contributed by atoms with Crippen molar-refractivity contribution in [3.63, 3.8) is 0 Å². The Morgan fingerprint density at radius 2 is 1.81 bits per heavy atom. The van der Waals surface area contributed by atoms with Crippen LogP contribution in [0.5, 0.6) is 5.75 Å². The zero-order valence-electron chi connectivity index (χ0n) is 15.9. The Kier molecular flexibility index (Phi) is 5.82. The molecule has 0 unspecified atom stereocenters. The molecule has 1 heterocycles. The smallest absolute Gasteiger partial charge is 0.262 e. The standard InChI is InChI=1S/C22H28N2O2/c1-16-11-13-24(14-12-16)20-9-7-19(8-10-20)23-22(25)15-26-21-6-4-5-17(2)18(21)3/h4-10,16H,11-15H2,1-3H3,(H,23,25). The molecule has 2 aromatic rings. The van der Waals surface area contributed by atoms with Gasteiger partial charge in [-0.1, -0.05) is 19.1 Å². The summed E-state index contributed by atoms with van der Waals surface area (Å²) in [6, 6.07) is 14.0. The van der Waals surface area contributed by atoms with Crippen molar-refractivity contribution in [3.8, 4) is 5.75 Å². The van der Waals surface area contributed by atoms with Crippen LogP contribution in [0.2, 0.25) is 0 Å². The average molecular weight is 352 g/mol. The van der Waals surface area contributed by atoms with E-state index in [1.54, 1.807) is 0 Å². The highest BCUT2D eigenvalue weighted by Gasteiger charge is 2.16. The first-order valence-electron chi connectivity index (χ1n) is 9.37. The number of hydrogen-bond acceptors (Lipinski definition) is 3. The molecule has 4 heteroatoms. The molecule has 3 rings (SSSR count). The van der Waals surface area contributed by atoms with E-state index in [1.807, 2.05) is 44.2 Å². The van der Waals surface area contributed by atoms with Crippen LogP contribution in [0.1, 0.15) is 30.9 Å². The van der Waals surface area contributed by atoms with Crippen LogP contribution in [0.3, 0.4) is 0 Å². The van der Waals surface area contributed by atoms with Crippen molar-refractivity contribution in [3.05, 3.63) is 53.6 Å². The van der Waals surface area contributed by atoms with Crippen LogP contribution in [0.4, 0.5) is 11.4 Å². The predicted molar refractivity (Wildman–Crippen MR) is 107 cm³/mol. The van der Waals surface area contributed by atoms with Gasteiger partial charge in [0.25, 0.3) is 5.91 Å². The molecule has 4 nitrogen and oxygen atoms in total. The molecule has 0 saturated carbocycles. The van der Waals surface area contributed by atoms with E-state index in [0.29, 0.717) is 0 Å². The number of rotatable bonds is 5. The average Bonchev–Trinajstić information content (AvgIpc) is 2.64. The summed E-state index contributed by atoms with van der Waals surface area (Å²) in [7, 11) is 0. The summed E-state index contributed by atoms with van der Waals surface area (Å²) >= 11 is 0. The Bertz CT molecular complexity index is 747. The number of anilines is 2. The summed E-state index contributed by atoms with van der Waals surface area (Å²) in [4.78, 5) is 14.6. The number of nitrogens with zero attached hydrogens (tertiary/aromatic N) is 1. The second-order valence-corrected chi connectivity index (χ2v) is 7.25. The quantitative estimate of drug-likeness (QED) is 0.858. The molecule has 1 saturated heterocycles. The Hall–Kier alpha value is -2.49. The van der Waals surface area contributed by atoms with Crippen LogP contribution < -0.4 is 15.0 Å². The van der Waals surface area contributed by atoms with Crippen molar-refractivity contribution in [1.82, 2.24) is 0 Å². The van der Waals surface area contributed by atoms with Gasteiger partial charge in [-0.15, -0.1) is 0 Å². The van der Waals surface area contributed by atoms with Crippen molar-refractivity contribution in [1.29, 1.82) is 0 Å². The van der Waals surface area contributed by atoms with Crippen molar-refractivity contribution in [2.24, 2.45) is 5.92 Å². The van der Waals surface area contributed by atoms with Crippen LogP contribution in [0.25, 0.3) is 0 Å². The molecule has 1 aliphatic heterocycles. The normalized spacial score (nSPS) is 15.0. The number of piperidine rings is 1. The molecule has 26 heavy (non-hydrogen) atoms. The molecule has 1 N–H and O–H groups in total. The van der Waals surface area contributed by atoms with E-state index >= 15 is 0 Å². The van der Waals surface area contributed by atoms with E-state index in [1.165, 1.54) is 18.5 Å². The predicted octanol–water partition coefficient (Wildman–Crippen LogP) is 4.56. The lowest BCUT2D eigenvalue weighted by Crippen LogP contribution is -2.32. The first kappa shape index (κ1) is 18.3. The fourth-order valence-electron chi connectivity index (χ4n) is 3.24. The minimum absolute atomic E-state index is 0.00998. The number of nitrogens with one attached hydrogen (secondary N) is 1. The van der Waals surface area contributed by atoms with Crippen LogP contribution in [-0.4, -0.2) is 25.6 Å². The Morgan fingerprint density at radius 1 is 1.12 bits per heavy atom. The van der Waals surface area contributed by atoms with Crippen LogP contribution in [-0.2, 0) is 4.79 Å². The number of carbonyl (C=O) groups is 1. The summed E-state index contributed by atoms with van der Waals surface area (Å²) in [5.41, 5.74) is 4.25. The lowest BCUT2D eigenvalue weighted by Gasteiger charge is -2.32. The van der Waals surface area contributed by atoms with Crippen molar-refractivity contribution < 1.29 is 9.53 Å². The summed E-state index contributed by atoms with van der Waals surface area (Å²) in [5.74, 6) is 1.43. The van der Waals surface area contributed by atoms with E-state index in [2.05, 4.69) is 29.3 Å². The summed E-state index contributed by atoms with van der Waals surface area (Å²) in [6.07, 6.45) is 2.49. The lowest BCUT2D eigenvalue weighted by atomic mass is 9.99. The molecular weight excluding hydrogens is 324 g/mol. The SMILES string of the molecule is Cc1cccc(OCC(=O)Nc2ccc(N3CCC(C)CC3)cc2)c1C. The molecule has 0 radical (unpaired) electrons. The van der Waals surface area contributed by atoms with Gasteiger partial charge in [0, 0.05) is 24.5 Å². The molecule has 1 aliphatic rings. The third-order valence-electron chi connectivity index (χ3n) is 5.21. The lowest BCUT2D eigenvalue weighted by molar-refractivity contribution is -0.118. The number of amides is 1. The topological polar surface area (TPSA) is 41.6 Å². The summed E-state index contributed by atoms with van der Waals surface area (Å²) in [6.45, 7) is 8.58. The number of hydrogen-bond donors (Lipinski definition) is 1. The van der Waals surface area contributed by atoms with Crippen molar-refractivity contribution in [2.75, 3.05) is 29.9 Å². The maximum Gasteiger partial charge on any atom is 0.262 e. The molecule has 0 aliphatic carbocycles. The largest absolute Gasteiger partial charge is 0.483 e. The van der Waals surface area contributed by atoms with Gasteiger partial charge in [-0.3, -0.25) is 4.79 Å². The van der Waals surface area contributed by atoms with E-state index in [9.17, 15) is 4.79 Å². The van der Waals surface area contributed by atoms with Crippen LogP contribution in [0, 0.1) is 19.8 Å². The van der Waals surface area contributed by atoms with Crippen molar-refractivity contribution >= 4 is 17.3 Å². The van der Waals surface area contributed by atoms with Gasteiger partial charge >= 0.3 is 0 Å². The molecule has 138 valence electrons. The molecule has 0 bridgehead atoms. The molecular formula is C22H28N2O2. The Labute approximate surface area is 156 Å². The van der Waals surface area contributed by atoms with E-state index in [0.717, 1.165) is 41.6 Å². The van der Waals surface area contributed by atoms with Gasteiger partial charge in [-0.2, -0.15) is 0 Å². The second kappa shape index (κ2) is 8.26. The fourth-order valence-corrected chi connectivity index (χ4v) is 3.24. The molecule has 1 amide bonds. The van der Waals surface area contributed by atoms with E-state index in [4.69, 9.17) is 4.74 Å². The maximum atomic E-state index is 12.2. The van der Waals surface area contributed by atoms with Gasteiger partial charge in [-0.05, 0) is 74.1 Å². The fraction of sp³-hybridized carbons (Fsp3) is 0.409. The molecule has 2 aromatic carbocycles. The van der Waals surface area contributed by atoms with Gasteiger partial charge < -0.3 is 15.0 Å². The summed E-state index contributed by atoms with van der Waals surface area (Å²) < 4.78 is 5.66. The van der Waals surface area contributed by atoms with Gasteiger partial charge in [0.15, 0.2) is 6.61 Å². The zero-order chi connectivity index (χ0) is 18.5. The highest BCUT2D eigenvalue weighted by molar-refractivity contribution is 5.92. The van der Waals surface area contributed by atoms with Gasteiger partial charge in [0.1, 0.15) is 5.75 Å². The molecule has 1 fully saturated rings. The number of carbonyl (C=O) groups excluding carboxylic acids is 1. The molecule has 0 spiro atoms. The minimum atomic E-state index is -0.148. The second-order valence-electron chi connectivity index (χ2n) is 7.25. The van der Waals surface area contributed by atoms with Gasteiger partial charge in [0.2, 0.25) is 0 Å². The molecule has 0 aromatic heterocycles. The Morgan fingerprint density at radius 3 is 2.50 bits per heavy atom. The number of aryl methyl sites for hydroxylation is 1. The molecule has 0 atom stereocenters. The number of ether oxygens (including phenoxy) is 1. The van der Waals surface area contributed by atoms with Crippen LogP contribution >= 0.6 is 0 Å². The monoisotopic (exact) mass is 352 g/mol. The highest BCUT2D eigenvalue weighted by atomic mass is 16.5. The zero-order valence-corrected chi connectivity index (χ0v) is 15.9. The van der Waals surface area contributed by atoms with E-state index < -0.39 is 0 Å². The maximum absolute atomic E-state index is 12.2. The minimum Gasteiger partial charge on any atom is -0.483 e. The highest BCUT2D eigenvalue weighted by Crippen LogP contribution is 2.24. The van der Waals surface area contributed by atoms with E-state index in [-0.39, 0.29) is 12.5 Å². The van der Waals surface area contributed by atoms with Crippen LogP contribution in [0.15, 0.2) is 42.5 Å². The third-order valence-corrected chi connectivity index (χ3v) is 5.21. The number of benzene rings is 2. The summed E-state index contributed by atoms with van der Waals surface area (Å²) in [5, 5.41) is 2.90. The Balaban J connectivity index is 1.52. The van der Waals surface area contributed by atoms with Gasteiger partial charge in [-0.25, -0.2) is 0 Å². The van der Waals surface area contributed by atoms with Crippen molar-refractivity contribution in [2.45, 2.75) is 33.6 Å².